The van der Waals surface area contributed by atoms with Crippen LogP contribution in [0.25, 0.3) is 11.0 Å². The first kappa shape index (κ1) is 12.7. The number of carboxylic acids is 1. The molecule has 2 unspecified atom stereocenters. The Hall–Kier alpha value is -2.37. The number of nitrogens with zero attached hydrogens (tertiary/aromatic N) is 1. The number of aromatic nitrogens is 2. The fourth-order valence-corrected chi connectivity index (χ4v) is 2.77. The first-order chi connectivity index (χ1) is 9.54. The van der Waals surface area contributed by atoms with Gasteiger partial charge in [0.15, 0.2) is 0 Å². The Morgan fingerprint density at radius 2 is 2.20 bits per heavy atom. The van der Waals surface area contributed by atoms with E-state index in [1.807, 2.05) is 6.92 Å². The molecule has 20 heavy (non-hydrogen) atoms. The lowest BCUT2D eigenvalue weighted by atomic mass is 10.1. The quantitative estimate of drug-likeness (QED) is 0.826. The molecule has 0 spiro atoms. The molecule has 0 radical (unpaired) electrons. The number of fused-ring (bicyclic) bond motifs is 1. The van der Waals surface area contributed by atoms with E-state index in [0.717, 1.165) is 12.8 Å². The van der Waals surface area contributed by atoms with E-state index >= 15 is 0 Å². The van der Waals surface area contributed by atoms with E-state index in [1.54, 1.807) is 12.1 Å². The standard InChI is InChI=1S/C14H14N2O4/c1-2-7-6-10(7)16-11-8(14(19)20)4-3-5-9(11)15-12(17)13(16)18/h3-5,7,10H,2,6H2,1H3,(H,15,17)(H,19,20). The summed E-state index contributed by atoms with van der Waals surface area (Å²) in [7, 11) is 0. The highest BCUT2D eigenvalue weighted by Crippen LogP contribution is 2.45. The van der Waals surface area contributed by atoms with Gasteiger partial charge in [-0.1, -0.05) is 19.4 Å². The predicted octanol–water partition coefficient (Wildman–Crippen LogP) is 1.36. The van der Waals surface area contributed by atoms with Crippen LogP contribution >= 0.6 is 0 Å². The number of carboxylic acid groups (broad SMARTS) is 1. The Kier molecular flexibility index (Phi) is 2.74. The van der Waals surface area contributed by atoms with Gasteiger partial charge in [0.1, 0.15) is 0 Å². The van der Waals surface area contributed by atoms with Crippen molar-refractivity contribution in [1.82, 2.24) is 9.55 Å². The molecule has 0 aliphatic heterocycles. The van der Waals surface area contributed by atoms with Gasteiger partial charge in [0, 0.05) is 6.04 Å². The van der Waals surface area contributed by atoms with Crippen molar-refractivity contribution >= 4 is 17.0 Å². The van der Waals surface area contributed by atoms with Crippen molar-refractivity contribution in [3.8, 4) is 0 Å². The molecule has 1 saturated carbocycles. The molecule has 6 heteroatoms. The molecule has 104 valence electrons. The topological polar surface area (TPSA) is 92.2 Å². The van der Waals surface area contributed by atoms with E-state index in [2.05, 4.69) is 4.98 Å². The number of nitrogens with one attached hydrogen (secondary N) is 1. The zero-order chi connectivity index (χ0) is 14.4. The van der Waals surface area contributed by atoms with E-state index in [4.69, 9.17) is 0 Å². The van der Waals surface area contributed by atoms with Crippen molar-refractivity contribution < 1.29 is 9.90 Å². The normalized spacial score (nSPS) is 21.1. The van der Waals surface area contributed by atoms with Crippen LogP contribution in [0.1, 0.15) is 36.2 Å². The Morgan fingerprint density at radius 3 is 2.80 bits per heavy atom. The van der Waals surface area contributed by atoms with E-state index in [0.29, 0.717) is 17.0 Å². The number of hydrogen-bond acceptors (Lipinski definition) is 3. The molecule has 0 saturated heterocycles. The molecule has 2 aromatic rings. The summed E-state index contributed by atoms with van der Waals surface area (Å²) in [6.07, 6.45) is 1.71. The maximum atomic E-state index is 12.1. The number of para-hydroxylation sites is 1. The Balaban J connectivity index is 2.41. The van der Waals surface area contributed by atoms with Gasteiger partial charge in [-0.25, -0.2) is 4.79 Å². The zero-order valence-corrected chi connectivity index (χ0v) is 10.9. The third-order valence-corrected chi connectivity index (χ3v) is 3.91. The number of hydrogen-bond donors (Lipinski definition) is 2. The molecule has 1 heterocycles. The Morgan fingerprint density at radius 1 is 1.45 bits per heavy atom. The summed E-state index contributed by atoms with van der Waals surface area (Å²) in [5.74, 6) is -0.774. The molecule has 1 aliphatic carbocycles. The average molecular weight is 274 g/mol. The minimum absolute atomic E-state index is 0.0394. The lowest BCUT2D eigenvalue weighted by Gasteiger charge is -2.11. The SMILES string of the molecule is CCC1CC1n1c(=O)c(=O)[nH]c2cccc(C(=O)O)c21. The number of rotatable bonds is 3. The molecule has 2 atom stereocenters. The van der Waals surface area contributed by atoms with Gasteiger partial charge < -0.3 is 10.1 Å². The molecular formula is C14H14N2O4. The summed E-state index contributed by atoms with van der Waals surface area (Å²) in [5.41, 5.74) is -0.645. The van der Waals surface area contributed by atoms with E-state index in [1.165, 1.54) is 10.6 Å². The van der Waals surface area contributed by atoms with Crippen LogP contribution in [0.3, 0.4) is 0 Å². The molecule has 1 aromatic carbocycles. The third kappa shape index (κ3) is 1.76. The van der Waals surface area contributed by atoms with Crippen molar-refractivity contribution in [2.45, 2.75) is 25.8 Å². The van der Waals surface area contributed by atoms with E-state index < -0.39 is 17.1 Å². The van der Waals surface area contributed by atoms with Crippen molar-refractivity contribution in [2.24, 2.45) is 5.92 Å². The molecule has 0 bridgehead atoms. The summed E-state index contributed by atoms with van der Waals surface area (Å²) >= 11 is 0. The lowest BCUT2D eigenvalue weighted by Crippen LogP contribution is -2.36. The highest BCUT2D eigenvalue weighted by Gasteiger charge is 2.39. The van der Waals surface area contributed by atoms with Gasteiger partial charge in [0.05, 0.1) is 16.6 Å². The number of aromatic carboxylic acids is 1. The summed E-state index contributed by atoms with van der Waals surface area (Å²) in [4.78, 5) is 37.7. The van der Waals surface area contributed by atoms with Crippen LogP contribution in [-0.4, -0.2) is 20.6 Å². The van der Waals surface area contributed by atoms with Gasteiger partial charge >= 0.3 is 17.1 Å². The van der Waals surface area contributed by atoms with Gasteiger partial charge in [0.25, 0.3) is 0 Å². The maximum Gasteiger partial charge on any atom is 0.337 e. The van der Waals surface area contributed by atoms with Gasteiger partial charge in [-0.3, -0.25) is 14.2 Å². The highest BCUT2D eigenvalue weighted by molar-refractivity contribution is 6.00. The van der Waals surface area contributed by atoms with Crippen LogP contribution in [0, 0.1) is 5.92 Å². The monoisotopic (exact) mass is 274 g/mol. The van der Waals surface area contributed by atoms with Crippen LogP contribution in [0.5, 0.6) is 0 Å². The second-order valence-corrected chi connectivity index (χ2v) is 5.11. The summed E-state index contributed by atoms with van der Waals surface area (Å²) in [6.45, 7) is 2.02. The predicted molar refractivity (Wildman–Crippen MR) is 73.2 cm³/mol. The lowest BCUT2D eigenvalue weighted by molar-refractivity contribution is 0.0698. The second kappa shape index (κ2) is 4.33. The maximum absolute atomic E-state index is 12.1. The van der Waals surface area contributed by atoms with E-state index in [9.17, 15) is 19.5 Å². The smallest absolute Gasteiger partial charge is 0.337 e. The van der Waals surface area contributed by atoms with Gasteiger partial charge in [-0.2, -0.15) is 0 Å². The van der Waals surface area contributed by atoms with Crippen LogP contribution in [0.4, 0.5) is 0 Å². The third-order valence-electron chi connectivity index (χ3n) is 3.91. The number of benzene rings is 1. The second-order valence-electron chi connectivity index (χ2n) is 5.11. The minimum atomic E-state index is -1.11. The summed E-state index contributed by atoms with van der Waals surface area (Å²) < 4.78 is 1.37. The van der Waals surface area contributed by atoms with Crippen LogP contribution < -0.4 is 11.1 Å². The van der Waals surface area contributed by atoms with Gasteiger partial charge in [-0.05, 0) is 24.5 Å². The highest BCUT2D eigenvalue weighted by atomic mass is 16.4. The zero-order valence-electron chi connectivity index (χ0n) is 10.9. The Bertz CT molecular complexity index is 818. The first-order valence-electron chi connectivity index (χ1n) is 6.55. The molecule has 6 nitrogen and oxygen atoms in total. The molecule has 1 aromatic heterocycles. The van der Waals surface area contributed by atoms with Crippen LogP contribution in [0.2, 0.25) is 0 Å². The van der Waals surface area contributed by atoms with Crippen LogP contribution in [0.15, 0.2) is 27.8 Å². The van der Waals surface area contributed by atoms with Gasteiger partial charge in [-0.15, -0.1) is 0 Å². The molecule has 0 amide bonds. The number of aromatic amines is 1. The largest absolute Gasteiger partial charge is 0.478 e. The average Bonchev–Trinajstić information content (AvgIpc) is 3.18. The van der Waals surface area contributed by atoms with Crippen molar-refractivity contribution in [3.63, 3.8) is 0 Å². The molecular weight excluding hydrogens is 260 g/mol. The minimum Gasteiger partial charge on any atom is -0.478 e. The van der Waals surface area contributed by atoms with Crippen molar-refractivity contribution in [2.75, 3.05) is 0 Å². The molecule has 1 aliphatic rings. The first-order valence-corrected chi connectivity index (χ1v) is 6.55. The summed E-state index contributed by atoms with van der Waals surface area (Å²) in [5, 5.41) is 9.29. The fourth-order valence-electron chi connectivity index (χ4n) is 2.77. The number of H-pyrrole nitrogens is 1. The van der Waals surface area contributed by atoms with Crippen molar-refractivity contribution in [3.05, 3.63) is 44.5 Å². The Labute approximate surface area is 113 Å². The van der Waals surface area contributed by atoms with Crippen molar-refractivity contribution in [1.29, 1.82) is 0 Å². The van der Waals surface area contributed by atoms with Crippen LogP contribution in [-0.2, 0) is 0 Å². The summed E-state index contributed by atoms with van der Waals surface area (Å²) in [6, 6.07) is 4.55. The molecule has 2 N–H and O–H groups in total. The fraction of sp³-hybridized carbons (Fsp3) is 0.357. The number of carbonyl (C=O) groups is 1. The van der Waals surface area contributed by atoms with Gasteiger partial charge in [0.2, 0.25) is 0 Å². The molecule has 1 fully saturated rings. The molecule has 3 rings (SSSR count). The van der Waals surface area contributed by atoms with E-state index in [-0.39, 0.29) is 11.6 Å².